The Morgan fingerprint density at radius 3 is 2.47 bits per heavy atom. The number of amides is 1. The minimum atomic E-state index is -0.242. The molecule has 3 fully saturated rings. The van der Waals surface area contributed by atoms with Crippen LogP contribution in [-0.2, 0) is 11.2 Å². The van der Waals surface area contributed by atoms with Gasteiger partial charge in [0.25, 0.3) is 0 Å². The molecule has 7 rings (SSSR count). The van der Waals surface area contributed by atoms with Gasteiger partial charge in [-0.05, 0) is 61.1 Å². The van der Waals surface area contributed by atoms with E-state index >= 15 is 0 Å². The number of Topliss-reactive ketones (excluding diaryl/α,β-unsaturated/α-hetero) is 1. The highest BCUT2D eigenvalue weighted by molar-refractivity contribution is 6.27. The number of hydrogen-bond donors (Lipinski definition) is 1. The molecule has 32 heavy (non-hydrogen) atoms. The van der Waals surface area contributed by atoms with Crippen molar-refractivity contribution in [1.82, 2.24) is 9.88 Å². The van der Waals surface area contributed by atoms with Crippen LogP contribution in [-0.4, -0.2) is 33.5 Å². The van der Waals surface area contributed by atoms with Crippen LogP contribution in [0.4, 0.5) is 0 Å². The molecule has 1 amide bonds. The van der Waals surface area contributed by atoms with Gasteiger partial charge in [0.15, 0.2) is 5.78 Å². The van der Waals surface area contributed by atoms with E-state index in [1.54, 1.807) is 0 Å². The summed E-state index contributed by atoms with van der Waals surface area (Å²) in [6.07, 6.45) is 5.16. The number of benzene rings is 2. The highest BCUT2D eigenvalue weighted by Crippen LogP contribution is 2.66. The van der Waals surface area contributed by atoms with Crippen LogP contribution in [0.3, 0.4) is 0 Å². The fourth-order valence-electron chi connectivity index (χ4n) is 6.42. The summed E-state index contributed by atoms with van der Waals surface area (Å²) in [5.41, 5.74) is 5.48. The zero-order valence-corrected chi connectivity index (χ0v) is 19.0. The quantitative estimate of drug-likeness (QED) is 0.407. The van der Waals surface area contributed by atoms with E-state index in [-0.39, 0.29) is 29.7 Å². The number of nitrogens with one attached hydrogen (secondary N) is 1. The molecule has 4 aliphatic rings. The molecule has 5 heteroatoms. The van der Waals surface area contributed by atoms with Gasteiger partial charge < -0.3 is 9.88 Å². The van der Waals surface area contributed by atoms with Crippen molar-refractivity contribution in [2.75, 3.05) is 5.88 Å². The van der Waals surface area contributed by atoms with Crippen LogP contribution in [0.25, 0.3) is 10.9 Å². The highest BCUT2D eigenvalue weighted by Gasteiger charge is 2.56. The molecule has 0 radical (unpaired) electrons. The average molecular weight is 447 g/mol. The van der Waals surface area contributed by atoms with Crippen molar-refractivity contribution in [1.29, 1.82) is 0 Å². The molecule has 0 unspecified atom stereocenters. The summed E-state index contributed by atoms with van der Waals surface area (Å²) in [7, 11) is 0. The molecule has 2 atom stereocenters. The number of ketones is 1. The maximum atomic E-state index is 12.9. The largest absolute Gasteiger partial charge is 0.356 e. The summed E-state index contributed by atoms with van der Waals surface area (Å²) in [5, 5.41) is 1.21. The van der Waals surface area contributed by atoms with Crippen molar-refractivity contribution >= 4 is 34.2 Å². The molecule has 0 spiro atoms. The Balaban J connectivity index is 1.37. The van der Waals surface area contributed by atoms with Gasteiger partial charge in [-0.15, -0.1) is 11.6 Å². The predicted molar refractivity (Wildman–Crippen MR) is 126 cm³/mol. The lowest BCUT2D eigenvalue weighted by Crippen LogP contribution is -2.52. The van der Waals surface area contributed by atoms with Crippen molar-refractivity contribution in [3.05, 3.63) is 70.9 Å². The van der Waals surface area contributed by atoms with E-state index in [4.69, 9.17) is 11.6 Å². The van der Waals surface area contributed by atoms with E-state index in [1.807, 2.05) is 35.2 Å². The van der Waals surface area contributed by atoms with Crippen molar-refractivity contribution in [2.24, 2.45) is 11.3 Å². The number of carbonyl (C=O) groups excluding carboxylic acids is 2. The van der Waals surface area contributed by atoms with E-state index in [9.17, 15) is 9.59 Å². The number of carbonyl (C=O) groups is 2. The first kappa shape index (κ1) is 20.0. The van der Waals surface area contributed by atoms with Crippen LogP contribution in [0.2, 0.25) is 0 Å². The number of nitrogens with zero attached hydrogens (tertiary/aromatic N) is 1. The summed E-state index contributed by atoms with van der Waals surface area (Å²) in [6, 6.07) is 16.0. The minimum absolute atomic E-state index is 0.0311. The molecule has 164 valence electrons. The lowest BCUT2D eigenvalue weighted by atomic mass is 9.43. The SMILES string of the molecule is C[C@H]1Cc2c([nH]c3ccccc23)[C@@H](c2ccc(C(=O)CC34CC(C3)C4)cc2)N1C(=O)CCl. The number of alkyl halides is 1. The number of rotatable bonds is 5. The molecular weight excluding hydrogens is 420 g/mol. The van der Waals surface area contributed by atoms with Crippen molar-refractivity contribution in [3.63, 3.8) is 0 Å². The van der Waals surface area contributed by atoms with Crippen LogP contribution < -0.4 is 0 Å². The van der Waals surface area contributed by atoms with Crippen LogP contribution in [0, 0.1) is 11.3 Å². The summed E-state index contributed by atoms with van der Waals surface area (Å²) in [4.78, 5) is 31.2. The zero-order chi connectivity index (χ0) is 22.0. The normalized spacial score (nSPS) is 28.1. The van der Waals surface area contributed by atoms with Gasteiger partial charge in [-0.2, -0.15) is 0 Å². The molecule has 1 aromatic heterocycles. The molecule has 4 nitrogen and oxygen atoms in total. The molecule has 2 aromatic carbocycles. The zero-order valence-electron chi connectivity index (χ0n) is 18.2. The lowest BCUT2D eigenvalue weighted by molar-refractivity contribution is -0.133. The second-order valence-corrected chi connectivity index (χ2v) is 10.4. The molecule has 1 aliphatic heterocycles. The Hall–Kier alpha value is -2.59. The van der Waals surface area contributed by atoms with E-state index < -0.39 is 0 Å². The number of para-hydroxylation sites is 1. The summed E-state index contributed by atoms with van der Waals surface area (Å²) < 4.78 is 0. The third-order valence-corrected chi connectivity index (χ3v) is 8.25. The van der Waals surface area contributed by atoms with Crippen LogP contribution in [0.15, 0.2) is 48.5 Å². The van der Waals surface area contributed by atoms with Crippen molar-refractivity contribution in [3.8, 4) is 0 Å². The standard InChI is InChI=1S/C27H27ClN2O2/c1-16-10-21-20-4-2-3-5-22(20)29-25(21)26(30(16)24(32)15-28)19-8-6-18(7-9-19)23(31)14-27-11-17(12-27)13-27/h2-9,16-17,26,29H,10-15H2,1H3/t16-,17?,26+,27?/m0/s1. The van der Waals surface area contributed by atoms with E-state index in [1.165, 1.54) is 30.2 Å². The van der Waals surface area contributed by atoms with E-state index in [2.05, 4.69) is 30.1 Å². The van der Waals surface area contributed by atoms with Crippen LogP contribution >= 0.6 is 11.6 Å². The fraction of sp³-hybridized carbons (Fsp3) is 0.407. The maximum absolute atomic E-state index is 12.9. The number of fused-ring (bicyclic) bond motifs is 3. The monoisotopic (exact) mass is 446 g/mol. The van der Waals surface area contributed by atoms with Crippen molar-refractivity contribution < 1.29 is 9.59 Å². The van der Waals surface area contributed by atoms with Crippen molar-refractivity contribution in [2.45, 2.75) is 51.1 Å². The number of halogens is 1. The van der Waals surface area contributed by atoms with Gasteiger partial charge in [-0.3, -0.25) is 9.59 Å². The summed E-state index contributed by atoms with van der Waals surface area (Å²) in [6.45, 7) is 2.09. The van der Waals surface area contributed by atoms with Gasteiger partial charge in [0, 0.05) is 34.6 Å². The fourth-order valence-corrected chi connectivity index (χ4v) is 6.55. The van der Waals surface area contributed by atoms with Gasteiger partial charge in [0.2, 0.25) is 5.91 Å². The Labute approximate surface area is 192 Å². The third-order valence-electron chi connectivity index (χ3n) is 8.02. The molecule has 2 heterocycles. The first-order valence-electron chi connectivity index (χ1n) is 11.6. The molecule has 3 aromatic rings. The Bertz CT molecular complexity index is 1210. The topological polar surface area (TPSA) is 53.2 Å². The molecular formula is C27H27ClN2O2. The molecule has 3 saturated carbocycles. The lowest BCUT2D eigenvalue weighted by Gasteiger charge is -2.62. The Morgan fingerprint density at radius 2 is 1.81 bits per heavy atom. The third kappa shape index (κ3) is 2.96. The van der Waals surface area contributed by atoms with Gasteiger partial charge >= 0.3 is 0 Å². The minimum Gasteiger partial charge on any atom is -0.356 e. The first-order chi connectivity index (χ1) is 15.5. The molecule has 0 saturated heterocycles. The number of H-pyrrole nitrogens is 1. The maximum Gasteiger partial charge on any atom is 0.238 e. The highest BCUT2D eigenvalue weighted by atomic mass is 35.5. The van der Waals surface area contributed by atoms with Gasteiger partial charge in [0.1, 0.15) is 5.88 Å². The predicted octanol–water partition coefficient (Wildman–Crippen LogP) is 5.64. The molecule has 3 aliphatic carbocycles. The number of aromatic amines is 1. The summed E-state index contributed by atoms with van der Waals surface area (Å²) >= 11 is 6.01. The second kappa shape index (κ2) is 7.21. The van der Waals surface area contributed by atoms with E-state index in [0.29, 0.717) is 11.8 Å². The number of hydrogen-bond acceptors (Lipinski definition) is 2. The van der Waals surface area contributed by atoms with Gasteiger partial charge in [0.05, 0.1) is 6.04 Å². The van der Waals surface area contributed by atoms with Crippen LogP contribution in [0.5, 0.6) is 0 Å². The van der Waals surface area contributed by atoms with Gasteiger partial charge in [-0.1, -0.05) is 42.5 Å². The number of aromatic nitrogens is 1. The molecule has 2 bridgehead atoms. The first-order valence-corrected chi connectivity index (χ1v) is 12.1. The van der Waals surface area contributed by atoms with Gasteiger partial charge in [-0.25, -0.2) is 0 Å². The summed E-state index contributed by atoms with van der Waals surface area (Å²) in [5.74, 6) is 1.01. The second-order valence-electron chi connectivity index (χ2n) is 10.2. The van der Waals surface area contributed by atoms with E-state index in [0.717, 1.165) is 34.7 Å². The average Bonchev–Trinajstić information content (AvgIpc) is 3.12. The van der Waals surface area contributed by atoms with Crippen LogP contribution in [0.1, 0.15) is 65.8 Å². The Morgan fingerprint density at radius 1 is 1.09 bits per heavy atom. The Kier molecular flexibility index (Phi) is 4.52. The molecule has 1 N–H and O–H groups in total. The smallest absolute Gasteiger partial charge is 0.238 e.